The molecule has 0 saturated heterocycles. The molecule has 0 aliphatic heterocycles. The smallest absolute Gasteiger partial charge is 0.124 e. The minimum Gasteiger partial charge on any atom is -0.494 e. The van der Waals surface area contributed by atoms with Gasteiger partial charge in [-0.15, -0.1) is 0 Å². The summed E-state index contributed by atoms with van der Waals surface area (Å²) in [6, 6.07) is 12.5. The Morgan fingerprint density at radius 2 is 1.81 bits per heavy atom. The second kappa shape index (κ2) is 8.62. The van der Waals surface area contributed by atoms with E-state index in [1.807, 2.05) is 13.0 Å². The van der Waals surface area contributed by atoms with Crippen LogP contribution in [0.5, 0.6) is 5.75 Å². The highest BCUT2D eigenvalue weighted by molar-refractivity contribution is 5.87. The van der Waals surface area contributed by atoms with E-state index in [4.69, 9.17) is 9.84 Å². The Balaban J connectivity index is 2.06. The van der Waals surface area contributed by atoms with Gasteiger partial charge < -0.3 is 20.5 Å². The van der Waals surface area contributed by atoms with Crippen LogP contribution in [0.25, 0.3) is 10.8 Å². The molecule has 21 heavy (non-hydrogen) atoms. The lowest BCUT2D eigenvalue weighted by atomic mass is 10.0. The van der Waals surface area contributed by atoms with Crippen LogP contribution in [0.15, 0.2) is 36.4 Å². The van der Waals surface area contributed by atoms with Crippen LogP contribution in [0, 0.1) is 0 Å². The molecule has 0 amide bonds. The van der Waals surface area contributed by atoms with E-state index < -0.39 is 0 Å². The fraction of sp³-hybridized carbons (Fsp3) is 0.412. The van der Waals surface area contributed by atoms with E-state index in [1.165, 1.54) is 16.3 Å². The molecule has 3 N–H and O–H groups in total. The van der Waals surface area contributed by atoms with Gasteiger partial charge in [-0.05, 0) is 23.8 Å². The summed E-state index contributed by atoms with van der Waals surface area (Å²) in [5.41, 5.74) is 1.21. The van der Waals surface area contributed by atoms with Gasteiger partial charge in [0.1, 0.15) is 5.75 Å². The molecule has 0 spiro atoms. The average molecular weight is 288 g/mol. The van der Waals surface area contributed by atoms with Gasteiger partial charge in [0.15, 0.2) is 0 Å². The maximum absolute atomic E-state index is 8.72. The maximum atomic E-state index is 8.72. The highest BCUT2D eigenvalue weighted by Gasteiger charge is 2.08. The normalized spacial score (nSPS) is 11.0. The number of ether oxygens (including phenoxy) is 1. The van der Waals surface area contributed by atoms with Crippen molar-refractivity contribution in [2.24, 2.45) is 0 Å². The molecule has 0 unspecified atom stereocenters. The van der Waals surface area contributed by atoms with E-state index in [1.54, 1.807) is 0 Å². The van der Waals surface area contributed by atoms with Crippen molar-refractivity contribution in [1.82, 2.24) is 10.6 Å². The molecule has 114 valence electrons. The standard InChI is InChI=1S/C17H24N2O2/c1-2-21-17-8-7-14-5-3-4-6-15(14)16(17)13-19-10-9-18-11-12-20/h3-8,18-20H,2,9-13H2,1H3. The lowest BCUT2D eigenvalue weighted by molar-refractivity contribution is 0.292. The summed E-state index contributed by atoms with van der Waals surface area (Å²) in [5.74, 6) is 0.951. The van der Waals surface area contributed by atoms with Crippen LogP contribution in [0.2, 0.25) is 0 Å². The quantitative estimate of drug-likeness (QED) is 0.617. The summed E-state index contributed by atoms with van der Waals surface area (Å²) in [4.78, 5) is 0. The average Bonchev–Trinajstić information content (AvgIpc) is 2.52. The van der Waals surface area contributed by atoms with Gasteiger partial charge >= 0.3 is 0 Å². The van der Waals surface area contributed by atoms with E-state index in [2.05, 4.69) is 41.0 Å². The van der Waals surface area contributed by atoms with Crippen molar-refractivity contribution in [3.05, 3.63) is 42.0 Å². The largest absolute Gasteiger partial charge is 0.494 e. The molecule has 0 aliphatic carbocycles. The first-order valence-corrected chi connectivity index (χ1v) is 7.52. The number of fused-ring (bicyclic) bond motifs is 1. The molecule has 0 heterocycles. The van der Waals surface area contributed by atoms with Gasteiger partial charge in [-0.1, -0.05) is 30.3 Å². The van der Waals surface area contributed by atoms with E-state index >= 15 is 0 Å². The van der Waals surface area contributed by atoms with Crippen LogP contribution in [0.4, 0.5) is 0 Å². The highest BCUT2D eigenvalue weighted by atomic mass is 16.5. The van der Waals surface area contributed by atoms with E-state index in [-0.39, 0.29) is 6.61 Å². The zero-order valence-electron chi connectivity index (χ0n) is 12.6. The van der Waals surface area contributed by atoms with Crippen molar-refractivity contribution < 1.29 is 9.84 Å². The van der Waals surface area contributed by atoms with Gasteiger partial charge in [0, 0.05) is 31.7 Å². The van der Waals surface area contributed by atoms with Gasteiger partial charge in [-0.3, -0.25) is 0 Å². The molecular weight excluding hydrogens is 264 g/mol. The molecule has 4 nitrogen and oxygen atoms in total. The second-order valence-corrected chi connectivity index (χ2v) is 4.85. The fourth-order valence-electron chi connectivity index (χ4n) is 2.38. The summed E-state index contributed by atoms with van der Waals surface area (Å²) < 4.78 is 5.75. The molecular formula is C17H24N2O2. The van der Waals surface area contributed by atoms with E-state index in [0.29, 0.717) is 13.2 Å². The molecule has 0 radical (unpaired) electrons. The number of nitrogens with one attached hydrogen (secondary N) is 2. The van der Waals surface area contributed by atoms with Crippen molar-refractivity contribution in [2.45, 2.75) is 13.5 Å². The third-order valence-electron chi connectivity index (χ3n) is 3.37. The third-order valence-corrected chi connectivity index (χ3v) is 3.37. The Morgan fingerprint density at radius 3 is 2.62 bits per heavy atom. The first kappa shape index (κ1) is 15.8. The molecule has 0 bridgehead atoms. The predicted molar refractivity (Wildman–Crippen MR) is 86.8 cm³/mol. The molecule has 2 rings (SSSR count). The molecule has 0 fully saturated rings. The number of hydrogen-bond donors (Lipinski definition) is 3. The summed E-state index contributed by atoms with van der Waals surface area (Å²) in [7, 11) is 0. The Labute approximate surface area is 126 Å². The number of aliphatic hydroxyl groups is 1. The summed E-state index contributed by atoms with van der Waals surface area (Å²) in [6.07, 6.45) is 0. The Hall–Kier alpha value is -1.62. The molecule has 0 aliphatic rings. The second-order valence-electron chi connectivity index (χ2n) is 4.85. The minimum absolute atomic E-state index is 0.178. The fourth-order valence-corrected chi connectivity index (χ4v) is 2.38. The summed E-state index contributed by atoms with van der Waals surface area (Å²) >= 11 is 0. The van der Waals surface area contributed by atoms with Crippen LogP contribution in [-0.2, 0) is 6.54 Å². The van der Waals surface area contributed by atoms with Crippen LogP contribution < -0.4 is 15.4 Å². The third kappa shape index (κ3) is 4.43. The van der Waals surface area contributed by atoms with Crippen molar-refractivity contribution in [2.75, 3.05) is 32.8 Å². The Bertz CT molecular complexity index is 557. The van der Waals surface area contributed by atoms with Gasteiger partial charge in [-0.2, -0.15) is 0 Å². The molecule has 0 atom stereocenters. The first-order valence-electron chi connectivity index (χ1n) is 7.52. The monoisotopic (exact) mass is 288 g/mol. The number of aliphatic hydroxyl groups excluding tert-OH is 1. The zero-order valence-corrected chi connectivity index (χ0v) is 12.6. The van der Waals surface area contributed by atoms with Crippen molar-refractivity contribution in [3.63, 3.8) is 0 Å². The molecule has 2 aromatic carbocycles. The molecule has 4 heteroatoms. The number of hydrogen-bond acceptors (Lipinski definition) is 4. The van der Waals surface area contributed by atoms with Crippen molar-refractivity contribution in [3.8, 4) is 5.75 Å². The molecule has 2 aromatic rings. The Morgan fingerprint density at radius 1 is 1.00 bits per heavy atom. The van der Waals surface area contributed by atoms with Gasteiger partial charge in [0.05, 0.1) is 13.2 Å². The van der Waals surface area contributed by atoms with E-state index in [9.17, 15) is 0 Å². The number of rotatable bonds is 9. The first-order chi connectivity index (χ1) is 10.4. The summed E-state index contributed by atoms with van der Waals surface area (Å²) in [5, 5.41) is 17.8. The maximum Gasteiger partial charge on any atom is 0.124 e. The van der Waals surface area contributed by atoms with E-state index in [0.717, 1.165) is 25.4 Å². The van der Waals surface area contributed by atoms with Crippen LogP contribution in [-0.4, -0.2) is 38.0 Å². The number of benzene rings is 2. The molecule has 0 aromatic heterocycles. The van der Waals surface area contributed by atoms with Crippen LogP contribution >= 0.6 is 0 Å². The van der Waals surface area contributed by atoms with Gasteiger partial charge in [0.2, 0.25) is 0 Å². The van der Waals surface area contributed by atoms with Crippen molar-refractivity contribution >= 4 is 10.8 Å². The predicted octanol–water partition coefficient (Wildman–Crippen LogP) is 1.91. The lowest BCUT2D eigenvalue weighted by Gasteiger charge is -2.14. The van der Waals surface area contributed by atoms with Gasteiger partial charge in [0.25, 0.3) is 0 Å². The summed E-state index contributed by atoms with van der Waals surface area (Å²) in [6.45, 7) is 5.97. The highest BCUT2D eigenvalue weighted by Crippen LogP contribution is 2.28. The van der Waals surface area contributed by atoms with Crippen LogP contribution in [0.3, 0.4) is 0 Å². The SMILES string of the molecule is CCOc1ccc2ccccc2c1CNCCNCCO. The van der Waals surface area contributed by atoms with Crippen molar-refractivity contribution in [1.29, 1.82) is 0 Å². The zero-order chi connectivity index (χ0) is 14.9. The van der Waals surface area contributed by atoms with Gasteiger partial charge in [-0.25, -0.2) is 0 Å². The lowest BCUT2D eigenvalue weighted by Crippen LogP contribution is -2.29. The van der Waals surface area contributed by atoms with Crippen LogP contribution in [0.1, 0.15) is 12.5 Å². The Kier molecular flexibility index (Phi) is 6.47. The minimum atomic E-state index is 0.178. The topological polar surface area (TPSA) is 53.5 Å². The molecule has 0 saturated carbocycles.